The molecule has 0 radical (unpaired) electrons. The van der Waals surface area contributed by atoms with E-state index >= 15 is 0 Å². The zero-order chi connectivity index (χ0) is 15.4. The summed E-state index contributed by atoms with van der Waals surface area (Å²) >= 11 is 3.30. The van der Waals surface area contributed by atoms with Gasteiger partial charge >= 0.3 is 0 Å². The van der Waals surface area contributed by atoms with E-state index in [1.54, 1.807) is 30.3 Å². The summed E-state index contributed by atoms with van der Waals surface area (Å²) in [6.07, 6.45) is 0. The molecule has 0 saturated carbocycles. The van der Waals surface area contributed by atoms with Crippen molar-refractivity contribution >= 4 is 27.5 Å². The van der Waals surface area contributed by atoms with Crippen LogP contribution in [0.15, 0.2) is 46.9 Å². The van der Waals surface area contributed by atoms with Gasteiger partial charge in [-0.15, -0.1) is 0 Å². The predicted molar refractivity (Wildman–Crippen MR) is 85.6 cm³/mol. The Labute approximate surface area is 131 Å². The Kier molecular flexibility index (Phi) is 4.61. The molecule has 0 aliphatic rings. The maximum atomic E-state index is 12.2. The molecule has 0 bridgehead atoms. The number of rotatable bonds is 3. The Bertz CT molecular complexity index is 704. The number of nitrogens with zero attached hydrogens (tertiary/aromatic N) is 1. The lowest BCUT2D eigenvalue weighted by molar-refractivity contribution is 0.0940. The molecule has 5 heteroatoms. The molecule has 2 rings (SSSR count). The minimum Gasteiger partial charge on any atom is -0.398 e. The number of halogens is 1. The Hall–Kier alpha value is -2.32. The van der Waals surface area contributed by atoms with E-state index in [4.69, 9.17) is 11.0 Å². The molecule has 0 aliphatic carbocycles. The minimum absolute atomic E-state index is 0.157. The fraction of sp³-hybridized carbons (Fsp3) is 0.125. The zero-order valence-corrected chi connectivity index (χ0v) is 13.0. The summed E-state index contributed by atoms with van der Waals surface area (Å²) in [4.78, 5) is 12.2. The third-order valence-electron chi connectivity index (χ3n) is 3.15. The second-order valence-corrected chi connectivity index (χ2v) is 5.52. The molecule has 0 aliphatic heterocycles. The average molecular weight is 344 g/mol. The van der Waals surface area contributed by atoms with Crippen molar-refractivity contribution < 1.29 is 4.79 Å². The Morgan fingerprint density at radius 1 is 1.29 bits per heavy atom. The maximum absolute atomic E-state index is 12.2. The van der Waals surface area contributed by atoms with E-state index in [9.17, 15) is 4.79 Å². The van der Waals surface area contributed by atoms with Crippen LogP contribution < -0.4 is 11.1 Å². The van der Waals surface area contributed by atoms with E-state index < -0.39 is 0 Å². The molecule has 0 aromatic heterocycles. The summed E-state index contributed by atoms with van der Waals surface area (Å²) in [5.74, 6) is -0.189. The number of nitrogens with one attached hydrogen (secondary N) is 1. The molecule has 0 fully saturated rings. The normalized spacial score (nSPS) is 11.5. The zero-order valence-electron chi connectivity index (χ0n) is 11.4. The summed E-state index contributed by atoms with van der Waals surface area (Å²) < 4.78 is 0.763. The van der Waals surface area contributed by atoms with Gasteiger partial charge < -0.3 is 11.1 Å². The minimum atomic E-state index is -0.189. The van der Waals surface area contributed by atoms with Gasteiger partial charge in [0.2, 0.25) is 0 Å². The molecular formula is C16H14BrN3O. The highest BCUT2D eigenvalue weighted by Crippen LogP contribution is 2.21. The van der Waals surface area contributed by atoms with Crippen molar-refractivity contribution in [2.45, 2.75) is 13.0 Å². The lowest BCUT2D eigenvalue weighted by Gasteiger charge is -2.15. The number of nitrogen functional groups attached to an aromatic ring is 1. The van der Waals surface area contributed by atoms with Crippen molar-refractivity contribution in [3.63, 3.8) is 0 Å². The first-order chi connectivity index (χ1) is 10.0. The van der Waals surface area contributed by atoms with Crippen molar-refractivity contribution in [3.05, 3.63) is 63.6 Å². The summed E-state index contributed by atoms with van der Waals surface area (Å²) in [5.41, 5.74) is 8.34. The van der Waals surface area contributed by atoms with Crippen molar-refractivity contribution in [2.75, 3.05) is 5.73 Å². The topological polar surface area (TPSA) is 78.9 Å². The summed E-state index contributed by atoms with van der Waals surface area (Å²) in [5, 5.41) is 11.7. The quantitative estimate of drug-likeness (QED) is 0.838. The van der Waals surface area contributed by atoms with Crippen LogP contribution in [0.5, 0.6) is 0 Å². The number of amides is 1. The smallest absolute Gasteiger partial charge is 0.251 e. The van der Waals surface area contributed by atoms with E-state index in [0.29, 0.717) is 16.8 Å². The molecule has 0 saturated heterocycles. The molecule has 0 spiro atoms. The highest BCUT2D eigenvalue weighted by molar-refractivity contribution is 9.10. The van der Waals surface area contributed by atoms with Gasteiger partial charge in [0.1, 0.15) is 0 Å². The molecule has 3 N–H and O–H groups in total. The number of nitriles is 1. The standard InChI is InChI=1S/C16H14BrN3O/c1-10(12-4-2-11(9-18)3-5-12)20-16(21)13-6-7-14(17)15(19)8-13/h2-8,10H,19H2,1H3,(H,20,21). The van der Waals surface area contributed by atoms with Crippen molar-refractivity contribution in [1.29, 1.82) is 5.26 Å². The fourth-order valence-electron chi connectivity index (χ4n) is 1.89. The van der Waals surface area contributed by atoms with E-state index in [1.807, 2.05) is 19.1 Å². The van der Waals surface area contributed by atoms with Crippen LogP contribution in [0.3, 0.4) is 0 Å². The lowest BCUT2D eigenvalue weighted by atomic mass is 10.1. The van der Waals surface area contributed by atoms with Crippen LogP contribution in [0.1, 0.15) is 34.5 Å². The van der Waals surface area contributed by atoms with E-state index in [0.717, 1.165) is 10.0 Å². The number of anilines is 1. The number of carbonyl (C=O) groups is 1. The van der Waals surface area contributed by atoms with Crippen molar-refractivity contribution in [1.82, 2.24) is 5.32 Å². The molecule has 2 aromatic carbocycles. The van der Waals surface area contributed by atoms with Crippen LogP contribution in [0.25, 0.3) is 0 Å². The van der Waals surface area contributed by atoms with Gasteiger partial charge in [-0.3, -0.25) is 4.79 Å². The molecule has 1 amide bonds. The van der Waals surface area contributed by atoms with Gasteiger partial charge in [0.25, 0.3) is 5.91 Å². The van der Waals surface area contributed by atoms with Gasteiger partial charge in [0, 0.05) is 15.7 Å². The Morgan fingerprint density at radius 3 is 2.52 bits per heavy atom. The van der Waals surface area contributed by atoms with Gasteiger partial charge in [0.05, 0.1) is 17.7 Å². The van der Waals surface area contributed by atoms with Crippen LogP contribution in [-0.2, 0) is 0 Å². The SMILES string of the molecule is CC(NC(=O)c1ccc(Br)c(N)c1)c1ccc(C#N)cc1. The monoisotopic (exact) mass is 343 g/mol. The lowest BCUT2D eigenvalue weighted by Crippen LogP contribution is -2.26. The highest BCUT2D eigenvalue weighted by atomic mass is 79.9. The number of hydrogen-bond acceptors (Lipinski definition) is 3. The fourth-order valence-corrected chi connectivity index (χ4v) is 2.14. The average Bonchev–Trinajstić information content (AvgIpc) is 2.50. The molecule has 21 heavy (non-hydrogen) atoms. The molecule has 1 unspecified atom stereocenters. The van der Waals surface area contributed by atoms with E-state index in [-0.39, 0.29) is 11.9 Å². The van der Waals surface area contributed by atoms with Gasteiger partial charge in [-0.2, -0.15) is 5.26 Å². The first-order valence-electron chi connectivity index (χ1n) is 6.37. The summed E-state index contributed by atoms with van der Waals surface area (Å²) in [6.45, 7) is 1.89. The summed E-state index contributed by atoms with van der Waals surface area (Å²) in [6, 6.07) is 14.1. The third kappa shape index (κ3) is 3.61. The largest absolute Gasteiger partial charge is 0.398 e. The maximum Gasteiger partial charge on any atom is 0.251 e. The first kappa shape index (κ1) is 15.1. The molecule has 106 valence electrons. The third-order valence-corrected chi connectivity index (χ3v) is 3.87. The Balaban J connectivity index is 2.10. The molecule has 1 atom stereocenters. The van der Waals surface area contributed by atoms with Crippen LogP contribution in [0.4, 0.5) is 5.69 Å². The van der Waals surface area contributed by atoms with Crippen molar-refractivity contribution in [3.8, 4) is 6.07 Å². The number of benzene rings is 2. The number of carbonyl (C=O) groups excluding carboxylic acids is 1. The predicted octanol–water partition coefficient (Wildman–Crippen LogP) is 3.39. The molecule has 2 aromatic rings. The van der Waals surface area contributed by atoms with E-state index in [2.05, 4.69) is 27.3 Å². The number of hydrogen-bond donors (Lipinski definition) is 2. The van der Waals surface area contributed by atoms with E-state index in [1.165, 1.54) is 0 Å². The van der Waals surface area contributed by atoms with Gasteiger partial charge in [-0.25, -0.2) is 0 Å². The van der Waals surface area contributed by atoms with Gasteiger partial charge in [-0.05, 0) is 58.7 Å². The van der Waals surface area contributed by atoms with Crippen LogP contribution in [-0.4, -0.2) is 5.91 Å². The molecule has 0 heterocycles. The molecule has 4 nitrogen and oxygen atoms in total. The Morgan fingerprint density at radius 2 is 1.95 bits per heavy atom. The van der Waals surface area contributed by atoms with Crippen LogP contribution in [0.2, 0.25) is 0 Å². The van der Waals surface area contributed by atoms with Crippen LogP contribution >= 0.6 is 15.9 Å². The van der Waals surface area contributed by atoms with Crippen molar-refractivity contribution in [2.24, 2.45) is 0 Å². The molecular weight excluding hydrogens is 330 g/mol. The summed E-state index contributed by atoms with van der Waals surface area (Å²) in [7, 11) is 0. The first-order valence-corrected chi connectivity index (χ1v) is 7.16. The van der Waals surface area contributed by atoms with Gasteiger partial charge in [0.15, 0.2) is 0 Å². The van der Waals surface area contributed by atoms with Gasteiger partial charge in [-0.1, -0.05) is 12.1 Å². The van der Waals surface area contributed by atoms with Crippen LogP contribution in [0, 0.1) is 11.3 Å². The highest BCUT2D eigenvalue weighted by Gasteiger charge is 2.12. The second kappa shape index (κ2) is 6.42. The second-order valence-electron chi connectivity index (χ2n) is 4.67. The number of nitrogens with two attached hydrogens (primary N) is 1.